The third kappa shape index (κ3) is 4.53. The molecule has 0 bridgehead atoms. The van der Waals surface area contributed by atoms with Crippen LogP contribution < -0.4 is 10.6 Å². The number of halogens is 3. The number of aromatic nitrogens is 3. The van der Waals surface area contributed by atoms with Crippen LogP contribution in [0.15, 0.2) is 41.5 Å². The van der Waals surface area contributed by atoms with E-state index in [1.807, 2.05) is 0 Å². The molecule has 0 unspecified atom stereocenters. The molecule has 0 radical (unpaired) electrons. The van der Waals surface area contributed by atoms with E-state index >= 15 is 0 Å². The van der Waals surface area contributed by atoms with E-state index in [-0.39, 0.29) is 29.5 Å². The number of carboxylic acids is 1. The summed E-state index contributed by atoms with van der Waals surface area (Å²) in [7, 11) is 0. The standard InChI is InChI=1S/C19H16F3N3O4/c20-19(21,22)12-4-1-11(2-5-12)3-6-13-9-15(27)17(14(26)7-8-16(28)29)18-23-10-24-25(13)18/h1-2,4-5,9-10,26H,3,6-8H2,(H,28,29)/b17-14-. The molecule has 0 saturated carbocycles. The SMILES string of the molecule is O=C(O)CC/C(O)=c1\c(=O)cc(CCc2ccc(C(F)(F)F)cc2)n2ncnc12. The zero-order valence-corrected chi connectivity index (χ0v) is 15.0. The second-order valence-electron chi connectivity index (χ2n) is 6.41. The molecule has 0 saturated heterocycles. The summed E-state index contributed by atoms with van der Waals surface area (Å²) in [6, 6.07) is 6.01. The lowest BCUT2D eigenvalue weighted by atomic mass is 10.1. The molecule has 1 aromatic carbocycles. The number of aliphatic hydroxyl groups excluding tert-OH is 1. The highest BCUT2D eigenvalue weighted by Crippen LogP contribution is 2.29. The van der Waals surface area contributed by atoms with Gasteiger partial charge in [0.05, 0.1) is 12.0 Å². The Labute approximate surface area is 161 Å². The number of hydrogen-bond acceptors (Lipinski definition) is 5. The van der Waals surface area contributed by atoms with Gasteiger partial charge in [-0.3, -0.25) is 9.59 Å². The molecule has 0 amide bonds. The van der Waals surface area contributed by atoms with Crippen molar-refractivity contribution in [3.63, 3.8) is 0 Å². The fraction of sp³-hybridized carbons (Fsp3) is 0.263. The zero-order chi connectivity index (χ0) is 21.2. The van der Waals surface area contributed by atoms with E-state index in [9.17, 15) is 27.9 Å². The summed E-state index contributed by atoms with van der Waals surface area (Å²) in [6.45, 7) is 0. The van der Waals surface area contributed by atoms with Crippen molar-refractivity contribution in [3.8, 4) is 0 Å². The Morgan fingerprint density at radius 3 is 2.38 bits per heavy atom. The minimum Gasteiger partial charge on any atom is -0.511 e. The van der Waals surface area contributed by atoms with Gasteiger partial charge in [-0.05, 0) is 30.5 Å². The van der Waals surface area contributed by atoms with Crippen molar-refractivity contribution in [1.29, 1.82) is 0 Å². The molecule has 0 aliphatic carbocycles. The first kappa shape index (κ1) is 20.3. The number of fused-ring (bicyclic) bond motifs is 1. The Kier molecular flexibility index (Phi) is 5.53. The van der Waals surface area contributed by atoms with Crippen LogP contribution in [0.1, 0.15) is 29.7 Å². The summed E-state index contributed by atoms with van der Waals surface area (Å²) in [5.74, 6) is -1.50. The van der Waals surface area contributed by atoms with Crippen LogP contribution in [0.25, 0.3) is 11.4 Å². The summed E-state index contributed by atoms with van der Waals surface area (Å²) < 4.78 is 39.3. The van der Waals surface area contributed by atoms with Crippen molar-refractivity contribution in [2.75, 3.05) is 0 Å². The number of pyridine rings is 1. The highest BCUT2D eigenvalue weighted by Gasteiger charge is 2.29. The van der Waals surface area contributed by atoms with E-state index in [0.717, 1.165) is 12.1 Å². The Morgan fingerprint density at radius 1 is 1.07 bits per heavy atom. The van der Waals surface area contributed by atoms with Crippen molar-refractivity contribution in [3.05, 3.63) is 68.9 Å². The predicted octanol–water partition coefficient (Wildman–Crippen LogP) is 2.14. The molecular weight excluding hydrogens is 391 g/mol. The average molecular weight is 407 g/mol. The van der Waals surface area contributed by atoms with Gasteiger partial charge in [0.15, 0.2) is 11.1 Å². The molecule has 7 nitrogen and oxygen atoms in total. The van der Waals surface area contributed by atoms with Crippen LogP contribution in [0.3, 0.4) is 0 Å². The van der Waals surface area contributed by atoms with E-state index in [4.69, 9.17) is 5.11 Å². The predicted molar refractivity (Wildman–Crippen MR) is 96.2 cm³/mol. The van der Waals surface area contributed by atoms with Gasteiger partial charge in [0.1, 0.15) is 17.3 Å². The van der Waals surface area contributed by atoms with Crippen molar-refractivity contribution < 1.29 is 28.2 Å². The largest absolute Gasteiger partial charge is 0.511 e. The topological polar surface area (TPSA) is 105 Å². The Hall–Kier alpha value is -3.43. The number of alkyl halides is 3. The third-order valence-corrected chi connectivity index (χ3v) is 4.40. The lowest BCUT2D eigenvalue weighted by molar-refractivity contribution is -0.138. The number of aliphatic hydroxyl groups is 1. The summed E-state index contributed by atoms with van der Waals surface area (Å²) in [5, 5.41) is 22.8. The molecule has 0 aliphatic rings. The first-order valence-electron chi connectivity index (χ1n) is 8.62. The summed E-state index contributed by atoms with van der Waals surface area (Å²) >= 11 is 0. The van der Waals surface area contributed by atoms with Crippen molar-refractivity contribution >= 4 is 17.4 Å². The smallest absolute Gasteiger partial charge is 0.416 e. The Balaban J connectivity index is 1.89. The van der Waals surface area contributed by atoms with Gasteiger partial charge >= 0.3 is 12.1 Å². The molecule has 2 aromatic heterocycles. The maximum atomic E-state index is 12.6. The minimum absolute atomic E-state index is 0.0998. The highest BCUT2D eigenvalue weighted by molar-refractivity contribution is 5.68. The molecule has 152 valence electrons. The summed E-state index contributed by atoms with van der Waals surface area (Å²) in [6.07, 6.45) is -3.11. The van der Waals surface area contributed by atoms with Crippen LogP contribution >= 0.6 is 0 Å². The van der Waals surface area contributed by atoms with Crippen molar-refractivity contribution in [2.45, 2.75) is 31.9 Å². The van der Waals surface area contributed by atoms with Gasteiger partial charge in [-0.2, -0.15) is 18.3 Å². The zero-order valence-electron chi connectivity index (χ0n) is 15.0. The molecule has 2 N–H and O–H groups in total. The Morgan fingerprint density at radius 2 is 1.76 bits per heavy atom. The number of rotatable bonds is 6. The van der Waals surface area contributed by atoms with Crippen LogP contribution in [-0.4, -0.2) is 30.8 Å². The number of aryl methyl sites for hydroxylation is 2. The second kappa shape index (κ2) is 7.90. The normalized spacial score (nSPS) is 12.9. The third-order valence-electron chi connectivity index (χ3n) is 4.40. The van der Waals surface area contributed by atoms with Gasteiger partial charge < -0.3 is 10.2 Å². The second-order valence-corrected chi connectivity index (χ2v) is 6.41. The Bertz CT molecular complexity index is 1150. The van der Waals surface area contributed by atoms with E-state index < -0.39 is 23.1 Å². The lowest BCUT2D eigenvalue weighted by Gasteiger charge is -2.08. The first-order valence-corrected chi connectivity index (χ1v) is 8.62. The van der Waals surface area contributed by atoms with Gasteiger partial charge in [0.25, 0.3) is 0 Å². The fourth-order valence-electron chi connectivity index (χ4n) is 2.95. The summed E-state index contributed by atoms with van der Waals surface area (Å²) in [5.41, 5.74) is -0.0482. The van der Waals surface area contributed by atoms with Crippen LogP contribution in [0.2, 0.25) is 0 Å². The maximum absolute atomic E-state index is 12.6. The number of aliphatic carboxylic acids is 1. The van der Waals surface area contributed by atoms with Gasteiger partial charge in [0, 0.05) is 18.2 Å². The fourth-order valence-corrected chi connectivity index (χ4v) is 2.95. The molecule has 10 heteroatoms. The van der Waals surface area contributed by atoms with E-state index in [0.29, 0.717) is 24.1 Å². The molecule has 0 fully saturated rings. The van der Waals surface area contributed by atoms with E-state index in [1.54, 1.807) is 0 Å². The van der Waals surface area contributed by atoms with E-state index in [2.05, 4.69) is 10.1 Å². The van der Waals surface area contributed by atoms with Gasteiger partial charge in [-0.25, -0.2) is 9.50 Å². The van der Waals surface area contributed by atoms with Gasteiger partial charge in [0.2, 0.25) is 0 Å². The molecule has 0 aliphatic heterocycles. The van der Waals surface area contributed by atoms with Gasteiger partial charge in [-0.15, -0.1) is 0 Å². The van der Waals surface area contributed by atoms with E-state index in [1.165, 1.54) is 29.0 Å². The first-order chi connectivity index (χ1) is 13.7. The monoisotopic (exact) mass is 407 g/mol. The number of benzene rings is 1. The van der Waals surface area contributed by atoms with Crippen LogP contribution in [-0.2, 0) is 23.8 Å². The summed E-state index contributed by atoms with van der Waals surface area (Å²) in [4.78, 5) is 27.1. The van der Waals surface area contributed by atoms with Gasteiger partial charge in [-0.1, -0.05) is 12.1 Å². The number of hydrogen-bond donors (Lipinski definition) is 2. The minimum atomic E-state index is -4.40. The quantitative estimate of drug-likeness (QED) is 0.649. The number of nitrogens with zero attached hydrogens (tertiary/aromatic N) is 3. The van der Waals surface area contributed by atoms with Crippen LogP contribution in [0.4, 0.5) is 13.2 Å². The molecular formula is C19H16F3N3O4. The molecule has 3 aromatic rings. The molecule has 3 rings (SSSR count). The molecule has 29 heavy (non-hydrogen) atoms. The lowest BCUT2D eigenvalue weighted by Crippen LogP contribution is -2.31. The molecule has 0 spiro atoms. The molecule has 0 atom stereocenters. The van der Waals surface area contributed by atoms with Crippen LogP contribution in [0.5, 0.6) is 0 Å². The number of carboxylic acid groups (broad SMARTS) is 1. The molecule has 2 heterocycles. The number of carbonyl (C=O) groups is 1. The van der Waals surface area contributed by atoms with Crippen molar-refractivity contribution in [1.82, 2.24) is 14.6 Å². The van der Waals surface area contributed by atoms with Crippen LogP contribution in [0, 0.1) is 0 Å². The maximum Gasteiger partial charge on any atom is 0.416 e. The van der Waals surface area contributed by atoms with Crippen molar-refractivity contribution in [2.24, 2.45) is 0 Å². The average Bonchev–Trinajstić information content (AvgIpc) is 3.13. The highest BCUT2D eigenvalue weighted by atomic mass is 19.4.